The standard InChI is InChI=1S/C13H14F3N3O.ClH/c14-13(15,16)9-19-5-4-11(18-19)8-17-7-10-2-1-3-12(20)6-10;/h1-6,17,20H,7-9H2;1H. The third kappa shape index (κ3) is 6.05. The van der Waals surface area contributed by atoms with Crippen molar-refractivity contribution in [3.8, 4) is 5.75 Å². The summed E-state index contributed by atoms with van der Waals surface area (Å²) in [6, 6.07) is 8.30. The van der Waals surface area contributed by atoms with E-state index in [2.05, 4.69) is 10.4 Å². The normalized spacial score (nSPS) is 11.2. The molecule has 2 aromatic rings. The maximum Gasteiger partial charge on any atom is 0.408 e. The van der Waals surface area contributed by atoms with Gasteiger partial charge in [-0.3, -0.25) is 4.68 Å². The highest BCUT2D eigenvalue weighted by molar-refractivity contribution is 5.85. The first kappa shape index (κ1) is 17.3. The topological polar surface area (TPSA) is 50.1 Å². The van der Waals surface area contributed by atoms with Crippen LogP contribution in [-0.4, -0.2) is 21.1 Å². The Morgan fingerprint density at radius 2 is 1.95 bits per heavy atom. The fourth-order valence-electron chi connectivity index (χ4n) is 1.77. The van der Waals surface area contributed by atoms with Crippen LogP contribution in [0.1, 0.15) is 11.3 Å². The quantitative estimate of drug-likeness (QED) is 0.890. The Labute approximate surface area is 126 Å². The number of phenols is 1. The van der Waals surface area contributed by atoms with E-state index in [4.69, 9.17) is 0 Å². The van der Waals surface area contributed by atoms with Crippen LogP contribution < -0.4 is 5.32 Å². The highest BCUT2D eigenvalue weighted by Crippen LogP contribution is 2.17. The van der Waals surface area contributed by atoms with Gasteiger partial charge in [-0.1, -0.05) is 12.1 Å². The highest BCUT2D eigenvalue weighted by atomic mass is 35.5. The molecule has 0 amide bonds. The smallest absolute Gasteiger partial charge is 0.408 e. The lowest BCUT2D eigenvalue weighted by Gasteiger charge is -2.06. The summed E-state index contributed by atoms with van der Waals surface area (Å²) < 4.78 is 37.4. The molecule has 2 N–H and O–H groups in total. The minimum atomic E-state index is -4.27. The van der Waals surface area contributed by atoms with Crippen LogP contribution in [0.4, 0.5) is 13.2 Å². The summed E-state index contributed by atoms with van der Waals surface area (Å²) in [4.78, 5) is 0. The van der Waals surface area contributed by atoms with Crippen molar-refractivity contribution in [2.24, 2.45) is 0 Å². The fraction of sp³-hybridized carbons (Fsp3) is 0.308. The molecule has 4 nitrogen and oxygen atoms in total. The summed E-state index contributed by atoms with van der Waals surface area (Å²) in [5, 5.41) is 16.2. The van der Waals surface area contributed by atoms with Gasteiger partial charge in [0, 0.05) is 19.3 Å². The molecule has 0 aliphatic heterocycles. The molecule has 0 bridgehead atoms. The number of hydrogen-bond donors (Lipinski definition) is 2. The van der Waals surface area contributed by atoms with Gasteiger partial charge in [0.25, 0.3) is 0 Å². The van der Waals surface area contributed by atoms with Gasteiger partial charge >= 0.3 is 6.18 Å². The first-order valence-corrected chi connectivity index (χ1v) is 6.00. The number of aromatic nitrogens is 2. The van der Waals surface area contributed by atoms with Gasteiger partial charge in [0.15, 0.2) is 0 Å². The third-order valence-corrected chi connectivity index (χ3v) is 2.58. The molecule has 0 aliphatic rings. The van der Waals surface area contributed by atoms with Crippen molar-refractivity contribution >= 4 is 12.4 Å². The van der Waals surface area contributed by atoms with Gasteiger partial charge in [-0.25, -0.2) is 0 Å². The molecule has 1 heterocycles. The number of nitrogens with zero attached hydrogens (tertiary/aromatic N) is 2. The second-order valence-corrected chi connectivity index (χ2v) is 4.39. The minimum Gasteiger partial charge on any atom is -0.508 e. The van der Waals surface area contributed by atoms with Crippen LogP contribution in [0, 0.1) is 0 Å². The van der Waals surface area contributed by atoms with Crippen LogP contribution in [0.15, 0.2) is 36.5 Å². The van der Waals surface area contributed by atoms with E-state index in [0.717, 1.165) is 10.2 Å². The van der Waals surface area contributed by atoms with Gasteiger partial charge in [0.1, 0.15) is 12.3 Å². The number of halogens is 4. The number of alkyl halides is 3. The molecule has 0 saturated carbocycles. The number of nitrogens with one attached hydrogen (secondary N) is 1. The molecular weight excluding hydrogens is 307 g/mol. The van der Waals surface area contributed by atoms with Crippen molar-refractivity contribution < 1.29 is 18.3 Å². The number of hydrogen-bond acceptors (Lipinski definition) is 3. The first-order chi connectivity index (χ1) is 9.42. The maximum atomic E-state index is 12.2. The van der Waals surface area contributed by atoms with Gasteiger partial charge < -0.3 is 10.4 Å². The highest BCUT2D eigenvalue weighted by Gasteiger charge is 2.28. The fourth-order valence-corrected chi connectivity index (χ4v) is 1.77. The summed E-state index contributed by atoms with van der Waals surface area (Å²) in [7, 11) is 0. The van der Waals surface area contributed by atoms with E-state index in [0.29, 0.717) is 18.8 Å². The van der Waals surface area contributed by atoms with E-state index >= 15 is 0 Å². The molecule has 1 aromatic heterocycles. The Hall–Kier alpha value is -1.73. The SMILES string of the molecule is Cl.Oc1cccc(CNCc2ccn(CC(F)(F)F)n2)c1. The lowest BCUT2D eigenvalue weighted by atomic mass is 10.2. The van der Waals surface area contributed by atoms with Gasteiger partial charge in [-0.05, 0) is 23.8 Å². The molecular formula is C13H15ClF3N3O. The van der Waals surface area contributed by atoms with Crippen LogP contribution in [0.3, 0.4) is 0 Å². The van der Waals surface area contributed by atoms with E-state index in [1.54, 1.807) is 24.3 Å². The molecule has 0 aliphatic carbocycles. The first-order valence-electron chi connectivity index (χ1n) is 6.00. The van der Waals surface area contributed by atoms with E-state index in [9.17, 15) is 18.3 Å². The Morgan fingerprint density at radius 3 is 2.62 bits per heavy atom. The lowest BCUT2D eigenvalue weighted by molar-refractivity contribution is -0.142. The predicted octanol–water partition coefficient (Wildman–Crippen LogP) is 2.86. The number of aromatic hydroxyl groups is 1. The number of phenolic OH excluding ortho intramolecular Hbond substituents is 1. The summed E-state index contributed by atoms with van der Waals surface area (Å²) >= 11 is 0. The average Bonchev–Trinajstić information content (AvgIpc) is 2.74. The van der Waals surface area contributed by atoms with Crippen molar-refractivity contribution in [2.75, 3.05) is 0 Å². The monoisotopic (exact) mass is 321 g/mol. The zero-order valence-electron chi connectivity index (χ0n) is 11.0. The van der Waals surface area contributed by atoms with Crippen LogP contribution in [0.25, 0.3) is 0 Å². The lowest BCUT2D eigenvalue weighted by Crippen LogP contribution is -2.19. The second-order valence-electron chi connectivity index (χ2n) is 4.39. The van der Waals surface area contributed by atoms with Crippen LogP contribution >= 0.6 is 12.4 Å². The Balaban J connectivity index is 0.00000220. The largest absolute Gasteiger partial charge is 0.508 e. The van der Waals surface area contributed by atoms with Crippen molar-refractivity contribution in [3.63, 3.8) is 0 Å². The molecule has 0 spiro atoms. The molecule has 0 atom stereocenters. The molecule has 21 heavy (non-hydrogen) atoms. The predicted molar refractivity (Wildman–Crippen MR) is 74.2 cm³/mol. The molecule has 0 unspecified atom stereocenters. The van der Waals surface area contributed by atoms with Crippen LogP contribution in [-0.2, 0) is 19.6 Å². The molecule has 116 valence electrons. The van der Waals surface area contributed by atoms with E-state index in [1.807, 2.05) is 6.07 Å². The molecule has 0 radical (unpaired) electrons. The van der Waals surface area contributed by atoms with Crippen molar-refractivity contribution in [3.05, 3.63) is 47.8 Å². The van der Waals surface area contributed by atoms with Crippen LogP contribution in [0.5, 0.6) is 5.75 Å². The number of benzene rings is 1. The Bertz CT molecular complexity index is 572. The summed E-state index contributed by atoms with van der Waals surface area (Å²) in [5.74, 6) is 0.179. The minimum absolute atomic E-state index is 0. The summed E-state index contributed by atoms with van der Waals surface area (Å²) in [6.45, 7) is -0.222. The molecule has 2 rings (SSSR count). The van der Waals surface area contributed by atoms with Gasteiger partial charge in [0.05, 0.1) is 5.69 Å². The van der Waals surface area contributed by atoms with E-state index in [1.165, 1.54) is 6.20 Å². The molecule has 8 heteroatoms. The maximum absolute atomic E-state index is 12.2. The van der Waals surface area contributed by atoms with Crippen molar-refractivity contribution in [1.82, 2.24) is 15.1 Å². The zero-order valence-corrected chi connectivity index (χ0v) is 11.8. The molecule has 0 saturated heterocycles. The summed E-state index contributed by atoms with van der Waals surface area (Å²) in [5.41, 5.74) is 1.43. The van der Waals surface area contributed by atoms with Gasteiger partial charge in [-0.2, -0.15) is 18.3 Å². The van der Waals surface area contributed by atoms with Crippen LogP contribution in [0.2, 0.25) is 0 Å². The zero-order chi connectivity index (χ0) is 14.6. The molecule has 0 fully saturated rings. The number of rotatable bonds is 5. The second kappa shape index (κ2) is 7.33. The van der Waals surface area contributed by atoms with Gasteiger partial charge in [0.2, 0.25) is 0 Å². The Kier molecular flexibility index (Phi) is 6.04. The van der Waals surface area contributed by atoms with Crippen molar-refractivity contribution in [1.29, 1.82) is 0 Å². The summed E-state index contributed by atoms with van der Waals surface area (Å²) in [6.07, 6.45) is -2.96. The molecule has 1 aromatic carbocycles. The average molecular weight is 322 g/mol. The van der Waals surface area contributed by atoms with E-state index in [-0.39, 0.29) is 18.2 Å². The third-order valence-electron chi connectivity index (χ3n) is 2.58. The van der Waals surface area contributed by atoms with Crippen molar-refractivity contribution in [2.45, 2.75) is 25.8 Å². The van der Waals surface area contributed by atoms with E-state index < -0.39 is 12.7 Å². The Morgan fingerprint density at radius 1 is 1.19 bits per heavy atom. The van der Waals surface area contributed by atoms with Gasteiger partial charge in [-0.15, -0.1) is 12.4 Å².